The number of benzene rings is 1. The molecule has 2 fully saturated rings. The first-order valence-corrected chi connectivity index (χ1v) is 12.8. The van der Waals surface area contributed by atoms with Crippen LogP contribution >= 0.6 is 0 Å². The number of pyridine rings is 1. The number of nitrogens with zero attached hydrogens (tertiary/aromatic N) is 5. The molecule has 9 nitrogen and oxygen atoms in total. The molecule has 0 saturated carbocycles. The standard InChI is InChI=1S/C27H31F3N6O3/c1-38-21-5-3-4-19(14-21)17-36-25(37)35(18-26(36)8-11-34(12-9-26)13-10-27(28,29)30)23-7-6-22(24(33-23)39-2)20-15-31-32-16-20/h3-7,14-16H,8-13,17-18H2,1-2H3,(H,31,32). The molecule has 2 aliphatic heterocycles. The van der Waals surface area contributed by atoms with Crippen molar-refractivity contribution in [1.82, 2.24) is 25.0 Å². The van der Waals surface area contributed by atoms with Gasteiger partial charge in [0, 0.05) is 43.5 Å². The highest BCUT2D eigenvalue weighted by atomic mass is 19.4. The number of nitrogens with one attached hydrogen (secondary N) is 1. The fourth-order valence-corrected chi connectivity index (χ4v) is 5.42. The van der Waals surface area contributed by atoms with Crippen molar-refractivity contribution < 1.29 is 27.4 Å². The van der Waals surface area contributed by atoms with Crippen LogP contribution in [-0.4, -0.2) is 83.1 Å². The summed E-state index contributed by atoms with van der Waals surface area (Å²) in [7, 11) is 3.11. The number of rotatable bonds is 8. The molecule has 2 amide bonds. The fraction of sp³-hybridized carbons (Fsp3) is 0.444. The summed E-state index contributed by atoms with van der Waals surface area (Å²) in [6, 6.07) is 11.0. The second-order valence-electron chi connectivity index (χ2n) is 9.95. The van der Waals surface area contributed by atoms with Crippen LogP contribution in [0.3, 0.4) is 0 Å². The van der Waals surface area contributed by atoms with Crippen molar-refractivity contribution >= 4 is 11.8 Å². The predicted molar refractivity (Wildman–Crippen MR) is 139 cm³/mol. The number of alkyl halides is 3. The highest BCUT2D eigenvalue weighted by molar-refractivity contribution is 5.95. The Hall–Kier alpha value is -3.80. The van der Waals surface area contributed by atoms with E-state index in [1.165, 1.54) is 7.11 Å². The normalized spacial score (nSPS) is 17.7. The Labute approximate surface area is 224 Å². The molecule has 39 heavy (non-hydrogen) atoms. The third-order valence-electron chi connectivity index (χ3n) is 7.58. The van der Waals surface area contributed by atoms with Gasteiger partial charge in [-0.05, 0) is 42.7 Å². The van der Waals surface area contributed by atoms with Crippen LogP contribution in [0.1, 0.15) is 24.8 Å². The van der Waals surface area contributed by atoms with Crippen LogP contribution in [0.4, 0.5) is 23.8 Å². The summed E-state index contributed by atoms with van der Waals surface area (Å²) in [6.07, 6.45) is -0.524. The Morgan fingerprint density at radius 3 is 2.56 bits per heavy atom. The van der Waals surface area contributed by atoms with Crippen LogP contribution < -0.4 is 14.4 Å². The van der Waals surface area contributed by atoms with Crippen LogP contribution in [-0.2, 0) is 6.54 Å². The second-order valence-corrected chi connectivity index (χ2v) is 9.95. The highest BCUT2D eigenvalue weighted by Gasteiger charge is 2.51. The van der Waals surface area contributed by atoms with E-state index in [0.29, 0.717) is 56.5 Å². The molecule has 2 aromatic heterocycles. The van der Waals surface area contributed by atoms with E-state index < -0.39 is 18.1 Å². The van der Waals surface area contributed by atoms with Crippen LogP contribution in [0, 0.1) is 0 Å². The predicted octanol–water partition coefficient (Wildman–Crippen LogP) is 4.72. The van der Waals surface area contributed by atoms with Gasteiger partial charge in [0.15, 0.2) is 0 Å². The van der Waals surface area contributed by atoms with Crippen molar-refractivity contribution in [3.05, 3.63) is 54.4 Å². The maximum Gasteiger partial charge on any atom is 0.390 e. The number of ether oxygens (including phenoxy) is 2. The molecule has 2 saturated heterocycles. The molecule has 208 valence electrons. The number of amides is 2. The van der Waals surface area contributed by atoms with Crippen molar-refractivity contribution in [1.29, 1.82) is 0 Å². The monoisotopic (exact) mass is 544 g/mol. The molecule has 12 heteroatoms. The van der Waals surface area contributed by atoms with Crippen molar-refractivity contribution in [2.24, 2.45) is 0 Å². The zero-order valence-corrected chi connectivity index (χ0v) is 21.9. The van der Waals surface area contributed by atoms with Gasteiger partial charge < -0.3 is 19.3 Å². The number of urea groups is 1. The summed E-state index contributed by atoms with van der Waals surface area (Å²) < 4.78 is 49.4. The van der Waals surface area contributed by atoms with Crippen molar-refractivity contribution in [3.63, 3.8) is 0 Å². The number of aromatic amines is 1. The Bertz CT molecular complexity index is 1290. The van der Waals surface area contributed by atoms with E-state index >= 15 is 0 Å². The number of hydrogen-bond acceptors (Lipinski definition) is 6. The Balaban J connectivity index is 1.43. The number of halogens is 3. The van der Waals surface area contributed by atoms with Gasteiger partial charge in [-0.2, -0.15) is 23.3 Å². The number of likely N-dealkylation sites (tertiary alicyclic amines) is 1. The fourth-order valence-electron chi connectivity index (χ4n) is 5.42. The van der Waals surface area contributed by atoms with E-state index in [-0.39, 0.29) is 12.6 Å². The Morgan fingerprint density at radius 1 is 1.10 bits per heavy atom. The Morgan fingerprint density at radius 2 is 1.90 bits per heavy atom. The van der Waals surface area contributed by atoms with Crippen LogP contribution in [0.5, 0.6) is 11.6 Å². The molecule has 0 radical (unpaired) electrons. The minimum atomic E-state index is -4.19. The molecule has 1 aromatic carbocycles. The molecular formula is C27H31F3N6O3. The quantitative estimate of drug-likeness (QED) is 0.442. The van der Waals surface area contributed by atoms with Crippen molar-refractivity contribution in [2.45, 2.75) is 37.5 Å². The van der Waals surface area contributed by atoms with Gasteiger partial charge in [0.1, 0.15) is 11.6 Å². The number of piperidine rings is 1. The number of anilines is 1. The molecule has 4 heterocycles. The van der Waals surface area contributed by atoms with Gasteiger partial charge in [-0.25, -0.2) is 4.79 Å². The maximum atomic E-state index is 14.0. The van der Waals surface area contributed by atoms with Crippen LogP contribution in [0.25, 0.3) is 11.1 Å². The summed E-state index contributed by atoms with van der Waals surface area (Å²) in [4.78, 5) is 23.9. The Kier molecular flexibility index (Phi) is 7.39. The zero-order valence-electron chi connectivity index (χ0n) is 21.9. The minimum Gasteiger partial charge on any atom is -0.497 e. The van der Waals surface area contributed by atoms with Crippen LogP contribution in [0.2, 0.25) is 0 Å². The number of carbonyl (C=O) groups excluding carboxylic acids is 1. The number of hydrogen-bond donors (Lipinski definition) is 1. The summed E-state index contributed by atoms with van der Waals surface area (Å²) in [6.45, 7) is 1.63. The smallest absolute Gasteiger partial charge is 0.390 e. The van der Waals surface area contributed by atoms with E-state index in [9.17, 15) is 18.0 Å². The molecule has 1 N–H and O–H groups in total. The number of carbonyl (C=O) groups is 1. The SMILES string of the molecule is COc1cccc(CN2C(=O)N(c3ccc(-c4cn[nH]c4)c(OC)n3)CC23CCN(CCC(F)(F)F)CC3)c1. The number of methoxy groups -OCH3 is 2. The van der Waals surface area contributed by atoms with Gasteiger partial charge in [-0.3, -0.25) is 10.00 Å². The van der Waals surface area contributed by atoms with Gasteiger partial charge in [-0.1, -0.05) is 12.1 Å². The molecular weight excluding hydrogens is 513 g/mol. The van der Waals surface area contributed by atoms with E-state index in [4.69, 9.17) is 9.47 Å². The lowest BCUT2D eigenvalue weighted by molar-refractivity contribution is -0.139. The summed E-state index contributed by atoms with van der Waals surface area (Å²) in [5.74, 6) is 1.51. The third kappa shape index (κ3) is 5.65. The molecule has 2 aliphatic rings. The van der Waals surface area contributed by atoms with E-state index in [0.717, 1.165) is 16.7 Å². The first-order valence-electron chi connectivity index (χ1n) is 12.8. The second kappa shape index (κ2) is 10.8. The lowest BCUT2D eigenvalue weighted by Crippen LogP contribution is -2.54. The summed E-state index contributed by atoms with van der Waals surface area (Å²) in [5, 5.41) is 6.76. The van der Waals surface area contributed by atoms with Gasteiger partial charge in [0.2, 0.25) is 5.88 Å². The molecule has 1 spiro atoms. The largest absolute Gasteiger partial charge is 0.497 e. The topological polar surface area (TPSA) is 86.8 Å². The summed E-state index contributed by atoms with van der Waals surface area (Å²) >= 11 is 0. The average molecular weight is 545 g/mol. The highest BCUT2D eigenvalue weighted by Crippen LogP contribution is 2.40. The van der Waals surface area contributed by atoms with E-state index in [2.05, 4.69) is 15.2 Å². The number of H-pyrrole nitrogens is 1. The zero-order chi connectivity index (χ0) is 27.6. The molecule has 0 bridgehead atoms. The molecule has 0 unspecified atom stereocenters. The van der Waals surface area contributed by atoms with E-state index in [1.807, 2.05) is 40.1 Å². The third-order valence-corrected chi connectivity index (χ3v) is 7.58. The van der Waals surface area contributed by atoms with Crippen molar-refractivity contribution in [3.8, 4) is 22.8 Å². The van der Waals surface area contributed by atoms with Crippen LogP contribution in [0.15, 0.2) is 48.8 Å². The van der Waals surface area contributed by atoms with Crippen molar-refractivity contribution in [2.75, 3.05) is 45.3 Å². The van der Waals surface area contributed by atoms with Gasteiger partial charge in [-0.15, -0.1) is 0 Å². The molecule has 0 atom stereocenters. The molecule has 3 aromatic rings. The van der Waals surface area contributed by atoms with Gasteiger partial charge >= 0.3 is 12.2 Å². The summed E-state index contributed by atoms with van der Waals surface area (Å²) in [5.41, 5.74) is 1.90. The van der Waals surface area contributed by atoms with Gasteiger partial charge in [0.05, 0.1) is 38.9 Å². The lowest BCUT2D eigenvalue weighted by Gasteiger charge is -2.44. The first-order chi connectivity index (χ1) is 18.7. The minimum absolute atomic E-state index is 0.0403. The maximum absolute atomic E-state index is 14.0. The lowest BCUT2D eigenvalue weighted by atomic mass is 9.86. The van der Waals surface area contributed by atoms with E-state index in [1.54, 1.807) is 30.5 Å². The number of aromatic nitrogens is 3. The molecule has 5 rings (SSSR count). The molecule has 0 aliphatic carbocycles. The first kappa shape index (κ1) is 26.8. The van der Waals surface area contributed by atoms with Gasteiger partial charge in [0.25, 0.3) is 0 Å². The average Bonchev–Trinajstić information content (AvgIpc) is 3.56.